The van der Waals surface area contributed by atoms with Gasteiger partial charge in [-0.3, -0.25) is 9.69 Å². The van der Waals surface area contributed by atoms with E-state index in [1.165, 1.54) is 16.7 Å². The number of rotatable bonds is 6. The molecule has 2 rings (SSSR count). The monoisotopic (exact) mass is 332 g/mol. The summed E-state index contributed by atoms with van der Waals surface area (Å²) >= 11 is 0. The maximum absolute atomic E-state index is 11.6. The van der Waals surface area contributed by atoms with Crippen LogP contribution in [0.15, 0.2) is 18.2 Å². The van der Waals surface area contributed by atoms with E-state index >= 15 is 0 Å². The Hall–Kier alpha value is -2.08. The summed E-state index contributed by atoms with van der Waals surface area (Å²) in [5.74, 6) is 0.253. The maximum atomic E-state index is 11.6. The number of likely N-dealkylation sites (tertiary alicyclic amines) is 1. The van der Waals surface area contributed by atoms with Crippen LogP contribution in [0.4, 0.5) is 4.79 Å². The van der Waals surface area contributed by atoms with E-state index in [1.54, 1.807) is 0 Å². The highest BCUT2D eigenvalue weighted by Crippen LogP contribution is 2.19. The number of carbonyl (C=O) groups excluding carboxylic acids is 2. The molecular formula is C18H28N4O2. The second-order valence-corrected chi connectivity index (χ2v) is 6.68. The number of hydrogen-bond donors (Lipinski definition) is 3. The van der Waals surface area contributed by atoms with Crippen molar-refractivity contribution in [2.24, 2.45) is 11.7 Å². The van der Waals surface area contributed by atoms with Gasteiger partial charge in [0.2, 0.25) is 5.91 Å². The number of nitrogens with zero attached hydrogens (tertiary/aromatic N) is 1. The Morgan fingerprint density at radius 2 is 2.04 bits per heavy atom. The highest BCUT2D eigenvalue weighted by molar-refractivity contribution is 5.83. The van der Waals surface area contributed by atoms with E-state index in [4.69, 9.17) is 5.73 Å². The Balaban J connectivity index is 1.77. The predicted molar refractivity (Wildman–Crippen MR) is 94.5 cm³/mol. The van der Waals surface area contributed by atoms with Crippen molar-refractivity contribution >= 4 is 11.9 Å². The summed E-state index contributed by atoms with van der Waals surface area (Å²) in [7, 11) is 0. The summed E-state index contributed by atoms with van der Waals surface area (Å²) < 4.78 is 0. The van der Waals surface area contributed by atoms with E-state index in [0.717, 1.165) is 32.5 Å². The van der Waals surface area contributed by atoms with Crippen LogP contribution in [0.5, 0.6) is 0 Å². The minimum atomic E-state index is -0.678. The van der Waals surface area contributed by atoms with E-state index in [2.05, 4.69) is 47.6 Å². The van der Waals surface area contributed by atoms with Gasteiger partial charge < -0.3 is 16.4 Å². The van der Waals surface area contributed by atoms with Gasteiger partial charge >= 0.3 is 6.03 Å². The number of nitrogens with one attached hydrogen (secondary N) is 2. The quantitative estimate of drug-likeness (QED) is 0.734. The SMILES string of the molecule is Cc1ccc(CN2CCC[C@H](CNC(=O)CNC(N)=O)C2)cc1C. The van der Waals surface area contributed by atoms with E-state index in [1.807, 2.05) is 0 Å². The number of amides is 3. The van der Waals surface area contributed by atoms with Crippen LogP contribution in [0, 0.1) is 19.8 Å². The molecular weight excluding hydrogens is 304 g/mol. The van der Waals surface area contributed by atoms with Crippen molar-refractivity contribution in [2.75, 3.05) is 26.2 Å². The second-order valence-electron chi connectivity index (χ2n) is 6.68. The molecule has 3 amide bonds. The zero-order chi connectivity index (χ0) is 17.5. The Morgan fingerprint density at radius 1 is 1.25 bits per heavy atom. The third kappa shape index (κ3) is 5.85. The fourth-order valence-corrected chi connectivity index (χ4v) is 3.11. The molecule has 1 aromatic carbocycles. The zero-order valence-electron chi connectivity index (χ0n) is 14.6. The first kappa shape index (κ1) is 18.3. The Labute approximate surface area is 143 Å². The van der Waals surface area contributed by atoms with Crippen LogP contribution >= 0.6 is 0 Å². The Morgan fingerprint density at radius 3 is 2.75 bits per heavy atom. The summed E-state index contributed by atoms with van der Waals surface area (Å²) in [5.41, 5.74) is 8.95. The van der Waals surface area contributed by atoms with E-state index < -0.39 is 6.03 Å². The highest BCUT2D eigenvalue weighted by atomic mass is 16.2. The molecule has 1 aliphatic rings. The smallest absolute Gasteiger partial charge is 0.312 e. The molecule has 1 heterocycles. The molecule has 0 aliphatic carbocycles. The molecule has 1 saturated heterocycles. The van der Waals surface area contributed by atoms with Crippen LogP contribution < -0.4 is 16.4 Å². The molecule has 0 radical (unpaired) electrons. The largest absolute Gasteiger partial charge is 0.354 e. The van der Waals surface area contributed by atoms with Gasteiger partial charge in [0, 0.05) is 19.6 Å². The molecule has 1 fully saturated rings. The normalized spacial score (nSPS) is 18.2. The van der Waals surface area contributed by atoms with Crippen molar-refractivity contribution < 1.29 is 9.59 Å². The summed E-state index contributed by atoms with van der Waals surface area (Å²) in [6, 6.07) is 5.96. The van der Waals surface area contributed by atoms with Crippen molar-refractivity contribution in [1.82, 2.24) is 15.5 Å². The lowest BCUT2D eigenvalue weighted by Gasteiger charge is -2.33. The Bertz CT molecular complexity index is 588. The molecule has 0 bridgehead atoms. The number of primary amides is 1. The molecule has 0 unspecified atom stereocenters. The number of carbonyl (C=O) groups is 2. The van der Waals surface area contributed by atoms with Gasteiger partial charge in [-0.2, -0.15) is 0 Å². The third-order valence-corrected chi connectivity index (χ3v) is 4.59. The number of nitrogens with two attached hydrogens (primary N) is 1. The number of aryl methyl sites for hydroxylation is 2. The fourth-order valence-electron chi connectivity index (χ4n) is 3.11. The van der Waals surface area contributed by atoms with Crippen LogP contribution in [-0.2, 0) is 11.3 Å². The average Bonchev–Trinajstić information content (AvgIpc) is 2.55. The molecule has 4 N–H and O–H groups in total. The van der Waals surface area contributed by atoms with Crippen molar-refractivity contribution in [3.63, 3.8) is 0 Å². The first-order chi connectivity index (χ1) is 11.4. The van der Waals surface area contributed by atoms with Crippen molar-refractivity contribution in [1.29, 1.82) is 0 Å². The number of hydrogen-bond acceptors (Lipinski definition) is 3. The first-order valence-electron chi connectivity index (χ1n) is 8.52. The third-order valence-electron chi connectivity index (χ3n) is 4.59. The molecule has 0 saturated carbocycles. The number of urea groups is 1. The minimum absolute atomic E-state index is 0.0611. The molecule has 1 atom stereocenters. The van der Waals surface area contributed by atoms with Crippen LogP contribution in [0.1, 0.15) is 29.5 Å². The fraction of sp³-hybridized carbons (Fsp3) is 0.556. The first-order valence-corrected chi connectivity index (χ1v) is 8.52. The molecule has 1 aliphatic heterocycles. The molecule has 0 spiro atoms. The highest BCUT2D eigenvalue weighted by Gasteiger charge is 2.20. The van der Waals surface area contributed by atoms with Crippen LogP contribution in [0.2, 0.25) is 0 Å². The lowest BCUT2D eigenvalue weighted by atomic mass is 9.97. The van der Waals surface area contributed by atoms with Gasteiger partial charge in [0.15, 0.2) is 0 Å². The van der Waals surface area contributed by atoms with Crippen molar-refractivity contribution in [3.8, 4) is 0 Å². The van der Waals surface area contributed by atoms with Gasteiger partial charge in [-0.1, -0.05) is 18.2 Å². The van der Waals surface area contributed by atoms with Gasteiger partial charge in [0.05, 0.1) is 6.54 Å². The molecule has 6 heteroatoms. The standard InChI is InChI=1S/C18H28N4O2/c1-13-5-6-15(8-14(13)2)11-22-7-3-4-16(12-22)9-20-17(23)10-21-18(19)24/h5-6,8,16H,3-4,7,9-12H2,1-2H3,(H,20,23)(H3,19,21,24)/t16-/m1/s1. The predicted octanol–water partition coefficient (Wildman–Crippen LogP) is 1.30. The summed E-state index contributed by atoms with van der Waals surface area (Å²) in [5, 5.41) is 5.17. The van der Waals surface area contributed by atoms with Gasteiger partial charge in [0.1, 0.15) is 0 Å². The van der Waals surface area contributed by atoms with Crippen molar-refractivity contribution in [3.05, 3.63) is 34.9 Å². The number of benzene rings is 1. The van der Waals surface area contributed by atoms with E-state index in [0.29, 0.717) is 12.5 Å². The summed E-state index contributed by atoms with van der Waals surface area (Å²) in [6.07, 6.45) is 2.26. The van der Waals surface area contributed by atoms with E-state index in [9.17, 15) is 9.59 Å². The van der Waals surface area contributed by atoms with Crippen LogP contribution in [0.25, 0.3) is 0 Å². The van der Waals surface area contributed by atoms with Gasteiger partial charge in [-0.05, 0) is 55.8 Å². The van der Waals surface area contributed by atoms with E-state index in [-0.39, 0.29) is 12.5 Å². The van der Waals surface area contributed by atoms with Gasteiger partial charge in [-0.15, -0.1) is 0 Å². The van der Waals surface area contributed by atoms with Crippen LogP contribution in [0.3, 0.4) is 0 Å². The topological polar surface area (TPSA) is 87.5 Å². The molecule has 0 aromatic heterocycles. The van der Waals surface area contributed by atoms with Gasteiger partial charge in [-0.25, -0.2) is 4.79 Å². The summed E-state index contributed by atoms with van der Waals surface area (Å²) in [4.78, 5) is 24.7. The maximum Gasteiger partial charge on any atom is 0.312 e. The summed E-state index contributed by atoms with van der Waals surface area (Å²) in [6.45, 7) is 7.89. The molecule has 6 nitrogen and oxygen atoms in total. The lowest BCUT2D eigenvalue weighted by Crippen LogP contribution is -2.44. The zero-order valence-corrected chi connectivity index (χ0v) is 14.6. The average molecular weight is 332 g/mol. The lowest BCUT2D eigenvalue weighted by molar-refractivity contribution is -0.120. The van der Waals surface area contributed by atoms with Crippen molar-refractivity contribution in [2.45, 2.75) is 33.2 Å². The molecule has 132 valence electrons. The number of piperidine rings is 1. The van der Waals surface area contributed by atoms with Crippen LogP contribution in [-0.4, -0.2) is 43.0 Å². The molecule has 1 aromatic rings. The Kier molecular flexibility index (Phi) is 6.61. The molecule has 24 heavy (non-hydrogen) atoms. The van der Waals surface area contributed by atoms with Gasteiger partial charge in [0.25, 0.3) is 0 Å². The minimum Gasteiger partial charge on any atom is -0.354 e. The second kappa shape index (κ2) is 8.68.